The normalized spacial score (nSPS) is 14.6. The minimum Gasteiger partial charge on any atom is -0.346 e. The van der Waals surface area contributed by atoms with Crippen molar-refractivity contribution in [3.8, 4) is 0 Å². The molecule has 0 radical (unpaired) electrons. The first-order valence-corrected chi connectivity index (χ1v) is 6.35. The predicted molar refractivity (Wildman–Crippen MR) is 70.0 cm³/mol. The van der Waals surface area contributed by atoms with Crippen molar-refractivity contribution in [3.63, 3.8) is 0 Å². The molecular weight excluding hydrogens is 208 g/mol. The van der Waals surface area contributed by atoms with Crippen LogP contribution in [0.1, 0.15) is 17.0 Å². The smallest absolute Gasteiger partial charge is 0.0360 e. The van der Waals surface area contributed by atoms with E-state index in [2.05, 4.69) is 52.3 Å². The largest absolute Gasteiger partial charge is 0.346 e. The van der Waals surface area contributed by atoms with Gasteiger partial charge in [-0.15, -0.1) is 0 Å². The number of nitrogens with zero attached hydrogens (tertiary/aromatic N) is 1. The molecule has 0 spiro atoms. The van der Waals surface area contributed by atoms with E-state index in [1.807, 2.05) is 0 Å². The van der Waals surface area contributed by atoms with Crippen molar-refractivity contribution in [2.24, 2.45) is 0 Å². The molecule has 0 saturated carbocycles. The molecule has 2 heteroatoms. The first-order valence-electron chi connectivity index (χ1n) is 6.35. The van der Waals surface area contributed by atoms with Gasteiger partial charge in [-0.2, -0.15) is 0 Å². The molecular formula is C15H18N2. The number of aryl methyl sites for hydroxylation is 2. The van der Waals surface area contributed by atoms with Gasteiger partial charge in [0.1, 0.15) is 0 Å². The van der Waals surface area contributed by atoms with Crippen LogP contribution in [-0.4, -0.2) is 11.1 Å². The fourth-order valence-corrected chi connectivity index (χ4v) is 2.54. The van der Waals surface area contributed by atoms with E-state index in [-0.39, 0.29) is 0 Å². The van der Waals surface area contributed by atoms with Crippen molar-refractivity contribution in [1.82, 2.24) is 9.88 Å². The summed E-state index contributed by atoms with van der Waals surface area (Å²) in [4.78, 5) is 0. The van der Waals surface area contributed by atoms with Crippen molar-refractivity contribution < 1.29 is 0 Å². The highest BCUT2D eigenvalue weighted by atomic mass is 15.1. The fourth-order valence-electron chi connectivity index (χ4n) is 2.54. The fraction of sp³-hybridized carbons (Fsp3) is 0.333. The maximum atomic E-state index is 3.41. The third kappa shape index (κ3) is 2.27. The van der Waals surface area contributed by atoms with Gasteiger partial charge in [-0.05, 0) is 30.5 Å². The minimum atomic E-state index is 1.02. The van der Waals surface area contributed by atoms with Crippen LogP contribution in [0.3, 0.4) is 0 Å². The Morgan fingerprint density at radius 3 is 2.76 bits per heavy atom. The standard InChI is InChI=1S/C15H18N2/c1-2-4-13(5-3-1)6-7-14-8-9-15-12-16-10-11-17(14)15/h1-5,8-9,16H,6-7,10-12H2. The lowest BCUT2D eigenvalue weighted by atomic mass is 10.1. The lowest BCUT2D eigenvalue weighted by Gasteiger charge is -2.19. The highest BCUT2D eigenvalue weighted by Gasteiger charge is 2.11. The number of rotatable bonds is 3. The zero-order valence-electron chi connectivity index (χ0n) is 10.0. The first kappa shape index (κ1) is 10.6. The monoisotopic (exact) mass is 226 g/mol. The summed E-state index contributed by atoms with van der Waals surface area (Å²) >= 11 is 0. The molecule has 88 valence electrons. The van der Waals surface area contributed by atoms with Gasteiger partial charge in [-0.1, -0.05) is 30.3 Å². The molecule has 17 heavy (non-hydrogen) atoms. The van der Waals surface area contributed by atoms with Gasteiger partial charge in [0, 0.05) is 31.0 Å². The van der Waals surface area contributed by atoms with Crippen LogP contribution in [0.15, 0.2) is 42.5 Å². The molecule has 0 atom stereocenters. The van der Waals surface area contributed by atoms with Crippen molar-refractivity contribution in [3.05, 3.63) is 59.4 Å². The highest BCUT2D eigenvalue weighted by molar-refractivity contribution is 5.21. The Morgan fingerprint density at radius 1 is 1.00 bits per heavy atom. The molecule has 1 aliphatic rings. The van der Waals surface area contributed by atoms with Gasteiger partial charge < -0.3 is 9.88 Å². The summed E-state index contributed by atoms with van der Waals surface area (Å²) in [5.41, 5.74) is 4.33. The average Bonchev–Trinajstić information content (AvgIpc) is 2.81. The van der Waals surface area contributed by atoms with E-state index in [9.17, 15) is 0 Å². The molecule has 3 rings (SSSR count). The van der Waals surface area contributed by atoms with E-state index < -0.39 is 0 Å². The summed E-state index contributed by atoms with van der Waals surface area (Å²) in [6.07, 6.45) is 2.28. The molecule has 0 fully saturated rings. The molecule has 1 aromatic carbocycles. The second-order valence-electron chi connectivity index (χ2n) is 4.63. The molecule has 0 unspecified atom stereocenters. The van der Waals surface area contributed by atoms with Gasteiger partial charge in [0.25, 0.3) is 0 Å². The van der Waals surface area contributed by atoms with Crippen LogP contribution in [-0.2, 0) is 25.9 Å². The predicted octanol–water partition coefficient (Wildman–Crippen LogP) is 2.38. The van der Waals surface area contributed by atoms with E-state index in [0.717, 1.165) is 32.5 Å². The van der Waals surface area contributed by atoms with Gasteiger partial charge >= 0.3 is 0 Å². The molecule has 2 nitrogen and oxygen atoms in total. The number of aromatic nitrogens is 1. The SMILES string of the molecule is c1ccc(CCc2ccc3n2CCNC3)cc1. The average molecular weight is 226 g/mol. The second kappa shape index (κ2) is 4.76. The third-order valence-corrected chi connectivity index (χ3v) is 3.49. The van der Waals surface area contributed by atoms with Crippen molar-refractivity contribution in [2.75, 3.05) is 6.54 Å². The van der Waals surface area contributed by atoms with Crippen LogP contribution >= 0.6 is 0 Å². The van der Waals surface area contributed by atoms with E-state index in [1.54, 1.807) is 0 Å². The Kier molecular flexibility index (Phi) is 2.97. The van der Waals surface area contributed by atoms with Crippen LogP contribution in [0.5, 0.6) is 0 Å². The Morgan fingerprint density at radius 2 is 1.88 bits per heavy atom. The molecule has 0 aliphatic carbocycles. The zero-order chi connectivity index (χ0) is 11.5. The van der Waals surface area contributed by atoms with E-state index >= 15 is 0 Å². The number of benzene rings is 1. The van der Waals surface area contributed by atoms with Crippen LogP contribution < -0.4 is 5.32 Å². The highest BCUT2D eigenvalue weighted by Crippen LogP contribution is 2.14. The van der Waals surface area contributed by atoms with Gasteiger partial charge in [0.2, 0.25) is 0 Å². The number of hydrogen-bond donors (Lipinski definition) is 1. The van der Waals surface area contributed by atoms with Crippen molar-refractivity contribution >= 4 is 0 Å². The van der Waals surface area contributed by atoms with Crippen molar-refractivity contribution in [1.29, 1.82) is 0 Å². The quantitative estimate of drug-likeness (QED) is 0.850. The summed E-state index contributed by atoms with van der Waals surface area (Å²) < 4.78 is 2.47. The number of hydrogen-bond acceptors (Lipinski definition) is 1. The van der Waals surface area contributed by atoms with Crippen molar-refractivity contribution in [2.45, 2.75) is 25.9 Å². The van der Waals surface area contributed by atoms with Crippen LogP contribution in [0.2, 0.25) is 0 Å². The lowest BCUT2D eigenvalue weighted by Crippen LogP contribution is -2.28. The maximum absolute atomic E-state index is 3.41. The van der Waals surface area contributed by atoms with E-state index in [4.69, 9.17) is 0 Å². The maximum Gasteiger partial charge on any atom is 0.0360 e. The Bertz CT molecular complexity index is 485. The van der Waals surface area contributed by atoms with Gasteiger partial charge in [-0.25, -0.2) is 0 Å². The van der Waals surface area contributed by atoms with Crippen LogP contribution in [0.25, 0.3) is 0 Å². The summed E-state index contributed by atoms with van der Waals surface area (Å²) in [6.45, 7) is 3.23. The zero-order valence-corrected chi connectivity index (χ0v) is 10.0. The van der Waals surface area contributed by atoms with Crippen LogP contribution in [0.4, 0.5) is 0 Å². The molecule has 0 saturated heterocycles. The summed E-state index contributed by atoms with van der Waals surface area (Å²) in [5.74, 6) is 0. The summed E-state index contributed by atoms with van der Waals surface area (Å²) in [7, 11) is 0. The van der Waals surface area contributed by atoms with Crippen LogP contribution in [0, 0.1) is 0 Å². The molecule has 1 aromatic heterocycles. The third-order valence-electron chi connectivity index (χ3n) is 3.49. The number of nitrogens with one attached hydrogen (secondary N) is 1. The Hall–Kier alpha value is -1.54. The molecule has 1 aliphatic heterocycles. The Balaban J connectivity index is 1.71. The lowest BCUT2D eigenvalue weighted by molar-refractivity contribution is 0.502. The summed E-state index contributed by atoms with van der Waals surface area (Å²) in [6, 6.07) is 15.3. The molecule has 1 N–H and O–H groups in total. The summed E-state index contributed by atoms with van der Waals surface area (Å²) in [5, 5.41) is 3.41. The number of fused-ring (bicyclic) bond motifs is 1. The van der Waals surface area contributed by atoms with E-state index in [0.29, 0.717) is 0 Å². The van der Waals surface area contributed by atoms with Gasteiger partial charge in [0.15, 0.2) is 0 Å². The molecule has 0 amide bonds. The topological polar surface area (TPSA) is 17.0 Å². The second-order valence-corrected chi connectivity index (χ2v) is 4.63. The Labute approximate surface area is 102 Å². The molecule has 2 heterocycles. The minimum absolute atomic E-state index is 1.02. The van der Waals surface area contributed by atoms with E-state index in [1.165, 1.54) is 17.0 Å². The molecule has 0 bridgehead atoms. The molecule has 2 aromatic rings. The van der Waals surface area contributed by atoms with Gasteiger partial charge in [0.05, 0.1) is 0 Å². The van der Waals surface area contributed by atoms with Gasteiger partial charge in [-0.3, -0.25) is 0 Å². The first-order chi connectivity index (χ1) is 8.43.